The van der Waals surface area contributed by atoms with Crippen molar-refractivity contribution in [3.05, 3.63) is 17.9 Å². The number of sulfonamides is 1. The smallest absolute Gasteiger partial charge is 0.273 e. The second kappa shape index (κ2) is 6.83. The van der Waals surface area contributed by atoms with Gasteiger partial charge in [-0.3, -0.25) is 4.79 Å². The van der Waals surface area contributed by atoms with E-state index in [2.05, 4.69) is 4.72 Å². The standard InChI is InChI=1S/C10H15NO4S2/c1-16-7-3-2-6-11-17(13,14)10-5-4-9(8-12)15-10/h4-5,8,11H,2-3,6-7H2,1H3. The van der Waals surface area contributed by atoms with Gasteiger partial charge in [0.2, 0.25) is 5.09 Å². The molecule has 0 saturated carbocycles. The molecule has 0 unspecified atom stereocenters. The number of aldehydes is 1. The molecule has 0 atom stereocenters. The van der Waals surface area contributed by atoms with E-state index in [9.17, 15) is 13.2 Å². The minimum Gasteiger partial charge on any atom is -0.440 e. The summed E-state index contributed by atoms with van der Waals surface area (Å²) >= 11 is 1.73. The quantitative estimate of drug-likeness (QED) is 0.576. The molecule has 0 bridgehead atoms. The number of carbonyl (C=O) groups excluding carboxylic acids is 1. The maximum atomic E-state index is 11.7. The third kappa shape index (κ3) is 4.53. The molecule has 96 valence electrons. The number of hydrogen-bond donors (Lipinski definition) is 1. The summed E-state index contributed by atoms with van der Waals surface area (Å²) < 4.78 is 30.6. The minimum absolute atomic E-state index is 0.00718. The number of nitrogens with one attached hydrogen (secondary N) is 1. The Morgan fingerprint density at radius 3 is 2.76 bits per heavy atom. The van der Waals surface area contributed by atoms with Crippen molar-refractivity contribution in [3.63, 3.8) is 0 Å². The monoisotopic (exact) mass is 277 g/mol. The van der Waals surface area contributed by atoms with Crippen LogP contribution in [0.4, 0.5) is 0 Å². The van der Waals surface area contributed by atoms with Crippen LogP contribution in [0.3, 0.4) is 0 Å². The van der Waals surface area contributed by atoms with E-state index in [1.165, 1.54) is 12.1 Å². The van der Waals surface area contributed by atoms with Gasteiger partial charge in [0.1, 0.15) is 0 Å². The first-order valence-corrected chi connectivity index (χ1v) is 8.01. The molecule has 0 aliphatic rings. The average Bonchev–Trinajstić information content (AvgIpc) is 2.78. The fraction of sp³-hybridized carbons (Fsp3) is 0.500. The number of hydrogen-bond acceptors (Lipinski definition) is 5. The van der Waals surface area contributed by atoms with Gasteiger partial charge in [-0.1, -0.05) is 0 Å². The summed E-state index contributed by atoms with van der Waals surface area (Å²) in [6.45, 7) is 0.375. The predicted octanol–water partition coefficient (Wildman–Crippen LogP) is 1.51. The number of unbranched alkanes of at least 4 members (excludes halogenated alkanes) is 1. The van der Waals surface area contributed by atoms with Crippen molar-refractivity contribution < 1.29 is 17.6 Å². The summed E-state index contributed by atoms with van der Waals surface area (Å²) in [6.07, 6.45) is 4.22. The van der Waals surface area contributed by atoms with Gasteiger partial charge < -0.3 is 4.42 Å². The van der Waals surface area contributed by atoms with Gasteiger partial charge in [-0.2, -0.15) is 11.8 Å². The minimum atomic E-state index is -3.62. The Bertz CT molecular complexity index is 453. The molecule has 1 N–H and O–H groups in total. The molecule has 1 aromatic rings. The largest absolute Gasteiger partial charge is 0.440 e. The highest BCUT2D eigenvalue weighted by Crippen LogP contribution is 2.12. The van der Waals surface area contributed by atoms with Gasteiger partial charge in [0.05, 0.1) is 0 Å². The highest BCUT2D eigenvalue weighted by molar-refractivity contribution is 7.98. The molecule has 0 radical (unpaired) electrons. The predicted molar refractivity (Wildman–Crippen MR) is 66.9 cm³/mol. The Hall–Kier alpha value is -0.790. The first-order valence-electron chi connectivity index (χ1n) is 5.14. The lowest BCUT2D eigenvalue weighted by Crippen LogP contribution is -2.24. The molecule has 7 heteroatoms. The summed E-state index contributed by atoms with van der Waals surface area (Å²) in [5.74, 6) is 1.02. The summed E-state index contributed by atoms with van der Waals surface area (Å²) in [5, 5.41) is -0.218. The first kappa shape index (κ1) is 14.3. The zero-order valence-corrected chi connectivity index (χ0v) is 11.1. The lowest BCUT2D eigenvalue weighted by molar-refractivity contribution is 0.109. The Kier molecular flexibility index (Phi) is 5.73. The Morgan fingerprint density at radius 2 is 2.18 bits per heavy atom. The van der Waals surface area contributed by atoms with E-state index in [0.29, 0.717) is 12.8 Å². The van der Waals surface area contributed by atoms with E-state index >= 15 is 0 Å². The van der Waals surface area contributed by atoms with Crippen LogP contribution in [0.5, 0.6) is 0 Å². The third-order valence-electron chi connectivity index (χ3n) is 2.05. The Balaban J connectivity index is 2.48. The molecule has 1 rings (SSSR count). The van der Waals surface area contributed by atoms with Gasteiger partial charge >= 0.3 is 0 Å². The second-order valence-electron chi connectivity index (χ2n) is 3.37. The van der Waals surface area contributed by atoms with Gasteiger partial charge in [-0.25, -0.2) is 13.1 Å². The van der Waals surface area contributed by atoms with Crippen LogP contribution in [0.25, 0.3) is 0 Å². The number of carbonyl (C=O) groups is 1. The number of thioether (sulfide) groups is 1. The van der Waals surface area contributed by atoms with Gasteiger partial charge in [0, 0.05) is 6.54 Å². The molecular formula is C10H15NO4S2. The lowest BCUT2D eigenvalue weighted by Gasteiger charge is -2.03. The summed E-state index contributed by atoms with van der Waals surface area (Å²) in [5.41, 5.74) is 0. The van der Waals surface area contributed by atoms with Crippen molar-refractivity contribution in [1.29, 1.82) is 0 Å². The molecule has 17 heavy (non-hydrogen) atoms. The van der Waals surface area contributed by atoms with E-state index in [4.69, 9.17) is 4.42 Å². The topological polar surface area (TPSA) is 76.4 Å². The summed E-state index contributed by atoms with van der Waals surface area (Å²) in [6, 6.07) is 2.60. The van der Waals surface area contributed by atoms with E-state index in [1.807, 2.05) is 6.26 Å². The van der Waals surface area contributed by atoms with Crippen LogP contribution in [-0.2, 0) is 10.0 Å². The van der Waals surface area contributed by atoms with Gasteiger partial charge in [0.25, 0.3) is 10.0 Å². The van der Waals surface area contributed by atoms with Crippen molar-refractivity contribution in [2.45, 2.75) is 17.9 Å². The molecule has 1 heterocycles. The summed E-state index contributed by atoms with van der Waals surface area (Å²) in [7, 11) is -3.62. The highest BCUT2D eigenvalue weighted by atomic mass is 32.2. The molecular weight excluding hydrogens is 262 g/mol. The van der Waals surface area contributed by atoms with Crippen LogP contribution < -0.4 is 4.72 Å². The molecule has 1 aromatic heterocycles. The van der Waals surface area contributed by atoms with Crippen LogP contribution in [0.15, 0.2) is 21.6 Å². The fourth-order valence-corrected chi connectivity index (χ4v) is 2.69. The van der Waals surface area contributed by atoms with E-state index in [0.717, 1.165) is 18.6 Å². The number of rotatable bonds is 8. The second-order valence-corrected chi connectivity index (χ2v) is 6.06. The maximum absolute atomic E-state index is 11.7. The zero-order valence-electron chi connectivity index (χ0n) is 9.51. The lowest BCUT2D eigenvalue weighted by atomic mass is 10.3. The Morgan fingerprint density at radius 1 is 1.41 bits per heavy atom. The van der Waals surface area contributed by atoms with Crippen molar-refractivity contribution in [3.8, 4) is 0 Å². The van der Waals surface area contributed by atoms with Crippen molar-refractivity contribution in [2.75, 3.05) is 18.6 Å². The molecule has 0 spiro atoms. The Labute approximate surface area is 105 Å². The van der Waals surface area contributed by atoms with E-state index in [1.54, 1.807) is 11.8 Å². The van der Waals surface area contributed by atoms with Crippen LogP contribution in [0.2, 0.25) is 0 Å². The third-order valence-corrected chi connectivity index (χ3v) is 4.08. The van der Waals surface area contributed by atoms with Gasteiger partial charge in [-0.05, 0) is 37.0 Å². The van der Waals surface area contributed by atoms with Crippen molar-refractivity contribution in [2.24, 2.45) is 0 Å². The zero-order chi connectivity index (χ0) is 12.7. The van der Waals surface area contributed by atoms with Crippen LogP contribution in [-0.4, -0.2) is 33.3 Å². The first-order chi connectivity index (χ1) is 8.10. The molecule has 5 nitrogen and oxygen atoms in total. The van der Waals surface area contributed by atoms with Crippen molar-refractivity contribution >= 4 is 28.1 Å². The van der Waals surface area contributed by atoms with E-state index in [-0.39, 0.29) is 10.9 Å². The van der Waals surface area contributed by atoms with Crippen LogP contribution in [0.1, 0.15) is 23.4 Å². The number of furan rings is 1. The molecule has 0 fully saturated rings. The van der Waals surface area contributed by atoms with Crippen LogP contribution >= 0.6 is 11.8 Å². The average molecular weight is 277 g/mol. The normalized spacial score (nSPS) is 11.6. The van der Waals surface area contributed by atoms with Gasteiger partial charge in [0.15, 0.2) is 12.0 Å². The molecule has 0 saturated heterocycles. The van der Waals surface area contributed by atoms with Crippen LogP contribution in [0, 0.1) is 0 Å². The van der Waals surface area contributed by atoms with Gasteiger partial charge in [-0.15, -0.1) is 0 Å². The van der Waals surface area contributed by atoms with Crippen molar-refractivity contribution in [1.82, 2.24) is 4.72 Å². The fourth-order valence-electron chi connectivity index (χ4n) is 1.19. The highest BCUT2D eigenvalue weighted by Gasteiger charge is 2.17. The maximum Gasteiger partial charge on any atom is 0.273 e. The molecule has 0 aliphatic carbocycles. The summed E-state index contributed by atoms with van der Waals surface area (Å²) in [4.78, 5) is 10.4. The van der Waals surface area contributed by atoms with E-state index < -0.39 is 10.0 Å². The molecule has 0 amide bonds. The molecule has 0 aliphatic heterocycles. The molecule has 0 aromatic carbocycles. The SMILES string of the molecule is CSCCCCNS(=O)(=O)c1ccc(C=O)o1.